The van der Waals surface area contributed by atoms with Gasteiger partial charge in [-0.3, -0.25) is 14.6 Å². The number of morpholine rings is 1. The first kappa shape index (κ1) is 24.5. The fourth-order valence-electron chi connectivity index (χ4n) is 4.48. The van der Waals surface area contributed by atoms with Crippen LogP contribution in [0, 0.1) is 0 Å². The fourth-order valence-corrected chi connectivity index (χ4v) is 4.48. The number of nitrogens with zero attached hydrogens (tertiary/aromatic N) is 3. The van der Waals surface area contributed by atoms with Crippen LogP contribution in [0.3, 0.4) is 0 Å². The predicted molar refractivity (Wildman–Crippen MR) is 133 cm³/mol. The lowest BCUT2D eigenvalue weighted by Gasteiger charge is -2.39. The van der Waals surface area contributed by atoms with E-state index in [1.807, 2.05) is 55.1 Å². The minimum atomic E-state index is 0.0523. The number of likely N-dealkylation sites (N-methyl/N-ethyl adjacent to an activating group) is 1. The van der Waals surface area contributed by atoms with Gasteiger partial charge in [0.1, 0.15) is 18.1 Å². The molecule has 2 saturated heterocycles. The number of ether oxygens (including phenoxy) is 3. The van der Waals surface area contributed by atoms with Crippen molar-refractivity contribution in [2.75, 3.05) is 66.1 Å². The van der Waals surface area contributed by atoms with Crippen molar-refractivity contribution >= 4 is 5.91 Å². The Hall–Kier alpha value is -2.61. The maximum absolute atomic E-state index is 13.3. The molecule has 0 saturated carbocycles. The number of amides is 1. The van der Waals surface area contributed by atoms with Crippen LogP contribution in [0.15, 0.2) is 48.5 Å². The van der Waals surface area contributed by atoms with Gasteiger partial charge in [0.2, 0.25) is 0 Å². The van der Waals surface area contributed by atoms with Gasteiger partial charge in [-0.15, -0.1) is 0 Å². The molecule has 2 aromatic carbocycles. The summed E-state index contributed by atoms with van der Waals surface area (Å²) in [6.07, 6.45) is 0.149. The topological polar surface area (TPSA) is 54.5 Å². The SMILES string of the molecule is CC(C)Oc1ccc(C2CN(C(=O)c3cccc(OCCN4CCOCC4)c3)CCN2C)cc1. The maximum atomic E-state index is 13.3. The molecule has 7 heteroatoms. The first-order valence-electron chi connectivity index (χ1n) is 12.3. The van der Waals surface area contributed by atoms with Crippen LogP contribution in [0.25, 0.3) is 0 Å². The fraction of sp³-hybridized carbons (Fsp3) is 0.519. The van der Waals surface area contributed by atoms with E-state index in [9.17, 15) is 4.79 Å². The summed E-state index contributed by atoms with van der Waals surface area (Å²) in [5.74, 6) is 1.66. The predicted octanol–water partition coefficient (Wildman–Crippen LogP) is 3.31. The molecule has 0 bridgehead atoms. The highest BCUT2D eigenvalue weighted by atomic mass is 16.5. The second kappa shape index (κ2) is 11.7. The molecule has 2 aliphatic rings. The molecule has 2 aliphatic heterocycles. The lowest BCUT2D eigenvalue weighted by Crippen LogP contribution is -2.49. The Kier molecular flexibility index (Phi) is 8.43. The van der Waals surface area contributed by atoms with E-state index in [1.165, 1.54) is 5.56 Å². The van der Waals surface area contributed by atoms with Crippen molar-refractivity contribution in [2.24, 2.45) is 0 Å². The third kappa shape index (κ3) is 6.50. The van der Waals surface area contributed by atoms with E-state index in [-0.39, 0.29) is 18.1 Å². The van der Waals surface area contributed by atoms with Gasteiger partial charge < -0.3 is 19.1 Å². The number of rotatable bonds is 8. The van der Waals surface area contributed by atoms with Gasteiger partial charge in [0.25, 0.3) is 5.91 Å². The van der Waals surface area contributed by atoms with E-state index in [4.69, 9.17) is 14.2 Å². The van der Waals surface area contributed by atoms with Gasteiger partial charge in [0.05, 0.1) is 25.4 Å². The summed E-state index contributed by atoms with van der Waals surface area (Å²) in [7, 11) is 2.12. The standard InChI is InChI=1S/C27H37N3O4/c1-21(2)34-24-9-7-22(8-10-24)26-20-30(12-11-28(26)3)27(31)23-5-4-6-25(19-23)33-18-15-29-13-16-32-17-14-29/h4-10,19,21,26H,11-18,20H2,1-3H3. The zero-order chi connectivity index (χ0) is 23.9. The van der Waals surface area contributed by atoms with Crippen LogP contribution < -0.4 is 9.47 Å². The van der Waals surface area contributed by atoms with Crippen molar-refractivity contribution in [3.05, 3.63) is 59.7 Å². The Morgan fingerprint density at radius 3 is 2.53 bits per heavy atom. The van der Waals surface area contributed by atoms with Gasteiger partial charge in [0, 0.05) is 44.8 Å². The second-order valence-electron chi connectivity index (χ2n) is 9.31. The second-order valence-corrected chi connectivity index (χ2v) is 9.31. The van der Waals surface area contributed by atoms with Crippen molar-refractivity contribution in [3.63, 3.8) is 0 Å². The molecule has 0 aromatic heterocycles. The van der Waals surface area contributed by atoms with Crippen molar-refractivity contribution in [2.45, 2.75) is 26.0 Å². The summed E-state index contributed by atoms with van der Waals surface area (Å²) in [4.78, 5) is 19.9. The van der Waals surface area contributed by atoms with Crippen molar-refractivity contribution < 1.29 is 19.0 Å². The van der Waals surface area contributed by atoms with Crippen LogP contribution in [-0.2, 0) is 4.74 Å². The Morgan fingerprint density at radius 2 is 1.79 bits per heavy atom. The summed E-state index contributed by atoms with van der Waals surface area (Å²) in [6, 6.07) is 16.0. The molecule has 184 valence electrons. The Morgan fingerprint density at radius 1 is 1.03 bits per heavy atom. The zero-order valence-electron chi connectivity index (χ0n) is 20.6. The quantitative estimate of drug-likeness (QED) is 0.594. The lowest BCUT2D eigenvalue weighted by atomic mass is 10.0. The molecule has 1 amide bonds. The van der Waals surface area contributed by atoms with E-state index < -0.39 is 0 Å². The normalized spacial score (nSPS) is 19.9. The van der Waals surface area contributed by atoms with Crippen LogP contribution >= 0.6 is 0 Å². The molecule has 1 unspecified atom stereocenters. The molecule has 2 aromatic rings. The molecular formula is C27H37N3O4. The Balaban J connectivity index is 1.36. The van der Waals surface area contributed by atoms with E-state index in [1.54, 1.807) is 0 Å². The summed E-state index contributed by atoms with van der Waals surface area (Å²) >= 11 is 0. The van der Waals surface area contributed by atoms with Gasteiger partial charge in [-0.2, -0.15) is 0 Å². The van der Waals surface area contributed by atoms with Gasteiger partial charge in [-0.25, -0.2) is 0 Å². The lowest BCUT2D eigenvalue weighted by molar-refractivity contribution is 0.0322. The van der Waals surface area contributed by atoms with Crippen molar-refractivity contribution in [3.8, 4) is 11.5 Å². The van der Waals surface area contributed by atoms with E-state index in [2.05, 4.69) is 29.0 Å². The molecule has 2 fully saturated rings. The van der Waals surface area contributed by atoms with E-state index in [0.29, 0.717) is 25.3 Å². The summed E-state index contributed by atoms with van der Waals surface area (Å²) in [6.45, 7) is 11.2. The minimum Gasteiger partial charge on any atom is -0.492 e. The average molecular weight is 468 g/mol. The number of carbonyl (C=O) groups is 1. The van der Waals surface area contributed by atoms with E-state index in [0.717, 1.165) is 50.9 Å². The van der Waals surface area contributed by atoms with E-state index >= 15 is 0 Å². The highest BCUT2D eigenvalue weighted by molar-refractivity contribution is 5.94. The van der Waals surface area contributed by atoms with Gasteiger partial charge in [-0.1, -0.05) is 18.2 Å². The first-order chi connectivity index (χ1) is 16.5. The highest BCUT2D eigenvalue weighted by Gasteiger charge is 2.29. The summed E-state index contributed by atoms with van der Waals surface area (Å²) in [5, 5.41) is 0. The number of hydrogen-bond acceptors (Lipinski definition) is 6. The third-order valence-corrected chi connectivity index (χ3v) is 6.43. The monoisotopic (exact) mass is 467 g/mol. The molecule has 34 heavy (non-hydrogen) atoms. The molecular weight excluding hydrogens is 430 g/mol. The van der Waals surface area contributed by atoms with Gasteiger partial charge >= 0.3 is 0 Å². The van der Waals surface area contributed by atoms with Gasteiger partial charge in [-0.05, 0) is 56.8 Å². The molecule has 4 rings (SSSR count). The van der Waals surface area contributed by atoms with Crippen LogP contribution in [-0.4, -0.2) is 92.8 Å². The number of piperazine rings is 1. The maximum Gasteiger partial charge on any atom is 0.254 e. The van der Waals surface area contributed by atoms with Crippen molar-refractivity contribution in [1.29, 1.82) is 0 Å². The smallest absolute Gasteiger partial charge is 0.254 e. The largest absolute Gasteiger partial charge is 0.492 e. The molecule has 0 spiro atoms. The molecule has 2 heterocycles. The molecule has 0 N–H and O–H groups in total. The average Bonchev–Trinajstić information content (AvgIpc) is 2.85. The Bertz CT molecular complexity index is 928. The molecule has 0 aliphatic carbocycles. The van der Waals surface area contributed by atoms with Crippen LogP contribution in [0.1, 0.15) is 35.8 Å². The molecule has 7 nitrogen and oxygen atoms in total. The third-order valence-electron chi connectivity index (χ3n) is 6.43. The number of benzene rings is 2. The summed E-state index contributed by atoms with van der Waals surface area (Å²) < 4.78 is 17.1. The number of carbonyl (C=O) groups excluding carboxylic acids is 1. The molecule has 0 radical (unpaired) electrons. The Labute approximate surface area is 203 Å². The van der Waals surface area contributed by atoms with Crippen molar-refractivity contribution in [1.82, 2.24) is 14.7 Å². The summed E-state index contributed by atoms with van der Waals surface area (Å²) in [5.41, 5.74) is 1.86. The van der Waals surface area contributed by atoms with Crippen LogP contribution in [0.2, 0.25) is 0 Å². The molecule has 1 atom stereocenters. The first-order valence-corrected chi connectivity index (χ1v) is 12.3. The van der Waals surface area contributed by atoms with Crippen LogP contribution in [0.4, 0.5) is 0 Å². The number of hydrogen-bond donors (Lipinski definition) is 0. The van der Waals surface area contributed by atoms with Gasteiger partial charge in [0.15, 0.2) is 0 Å². The van der Waals surface area contributed by atoms with Crippen LogP contribution in [0.5, 0.6) is 11.5 Å². The minimum absolute atomic E-state index is 0.0523. The zero-order valence-corrected chi connectivity index (χ0v) is 20.6. The highest BCUT2D eigenvalue weighted by Crippen LogP contribution is 2.27.